The van der Waals surface area contributed by atoms with E-state index in [1.54, 1.807) is 6.07 Å². The normalized spacial score (nSPS) is 13.6. The van der Waals surface area contributed by atoms with Crippen molar-refractivity contribution in [1.82, 2.24) is 14.9 Å². The largest absolute Gasteiger partial charge is 0.390 e. The molecule has 3 aromatic rings. The first-order valence-electron chi connectivity index (χ1n) is 11.5. The monoisotopic (exact) mass is 569 g/mol. The highest BCUT2D eigenvalue weighted by molar-refractivity contribution is 7.89. The van der Waals surface area contributed by atoms with Crippen molar-refractivity contribution in [3.63, 3.8) is 0 Å². The van der Waals surface area contributed by atoms with Gasteiger partial charge < -0.3 is 15.7 Å². The zero-order valence-corrected chi connectivity index (χ0v) is 23.0. The minimum Gasteiger partial charge on any atom is -0.390 e. The Morgan fingerprint density at radius 2 is 1.86 bits per heavy atom. The molecule has 3 rings (SSSR count). The fourth-order valence-electron chi connectivity index (χ4n) is 3.68. The number of halogens is 2. The van der Waals surface area contributed by atoms with Gasteiger partial charge >= 0.3 is 0 Å². The Labute approximate surface area is 224 Å². The summed E-state index contributed by atoms with van der Waals surface area (Å²) in [6.45, 7) is 3.24. The van der Waals surface area contributed by atoms with Crippen LogP contribution in [-0.2, 0) is 14.8 Å². The molecule has 0 spiro atoms. The minimum absolute atomic E-state index is 0.0973. The Morgan fingerprint density at radius 3 is 2.51 bits per heavy atom. The summed E-state index contributed by atoms with van der Waals surface area (Å²) < 4.78 is 40.6. The number of rotatable bonds is 11. The number of hydrogen-bond donors (Lipinski definition) is 3. The fourth-order valence-corrected chi connectivity index (χ4v) is 6.35. The summed E-state index contributed by atoms with van der Waals surface area (Å²) in [5.41, 5.74) is 0. The SMILES string of the molecule is CC(C)C[C@H](NC(=O)c1cc2ccccc2s1)C(=O)NC[C@@H](O)CN(C)S(=O)(=O)c1ccc(F)cc1Cl. The predicted octanol–water partition coefficient (Wildman–Crippen LogP) is 3.64. The highest BCUT2D eigenvalue weighted by Gasteiger charge is 2.27. The number of fused-ring (bicyclic) bond motifs is 1. The second-order valence-corrected chi connectivity index (χ2v) is 12.6. The molecular weight excluding hydrogens is 541 g/mol. The molecule has 0 unspecified atom stereocenters. The molecule has 8 nitrogen and oxygen atoms in total. The van der Waals surface area contributed by atoms with E-state index in [1.165, 1.54) is 18.4 Å². The van der Waals surface area contributed by atoms with Crippen LogP contribution in [0.15, 0.2) is 53.4 Å². The summed E-state index contributed by atoms with van der Waals surface area (Å²) in [5.74, 6) is -1.44. The van der Waals surface area contributed by atoms with E-state index >= 15 is 0 Å². The highest BCUT2D eigenvalue weighted by Crippen LogP contribution is 2.26. The van der Waals surface area contributed by atoms with E-state index in [0.717, 1.165) is 32.6 Å². The second kappa shape index (κ2) is 12.3. The van der Waals surface area contributed by atoms with Crippen LogP contribution in [0.2, 0.25) is 5.02 Å². The number of sulfonamides is 1. The third-order valence-electron chi connectivity index (χ3n) is 5.54. The smallest absolute Gasteiger partial charge is 0.262 e. The first-order chi connectivity index (χ1) is 17.4. The molecule has 200 valence electrons. The van der Waals surface area contributed by atoms with E-state index in [-0.39, 0.29) is 34.8 Å². The van der Waals surface area contributed by atoms with Gasteiger partial charge in [-0.15, -0.1) is 11.3 Å². The zero-order chi connectivity index (χ0) is 27.3. The van der Waals surface area contributed by atoms with E-state index in [4.69, 9.17) is 11.6 Å². The number of amides is 2. The highest BCUT2D eigenvalue weighted by atomic mass is 35.5. The Morgan fingerprint density at radius 1 is 1.16 bits per heavy atom. The molecule has 0 aliphatic carbocycles. The number of likely N-dealkylation sites (N-methyl/N-ethyl adjacent to an activating group) is 1. The molecule has 0 radical (unpaired) electrons. The van der Waals surface area contributed by atoms with Gasteiger partial charge in [0.2, 0.25) is 15.9 Å². The number of nitrogens with one attached hydrogen (secondary N) is 2. The van der Waals surface area contributed by atoms with Gasteiger partial charge in [-0.2, -0.15) is 4.31 Å². The third-order valence-corrected chi connectivity index (χ3v) is 8.96. The third kappa shape index (κ3) is 7.48. The number of aliphatic hydroxyl groups excluding tert-OH is 1. The Balaban J connectivity index is 1.60. The molecule has 37 heavy (non-hydrogen) atoms. The summed E-state index contributed by atoms with van der Waals surface area (Å²) in [4.78, 5) is 25.9. The Kier molecular flexibility index (Phi) is 9.65. The maximum Gasteiger partial charge on any atom is 0.262 e. The maximum atomic E-state index is 13.3. The molecule has 1 heterocycles. The number of thiophene rings is 1. The average Bonchev–Trinajstić information content (AvgIpc) is 3.26. The molecule has 12 heteroatoms. The Hall–Kier alpha value is -2.57. The summed E-state index contributed by atoms with van der Waals surface area (Å²) >= 11 is 7.21. The Bertz CT molecular complexity index is 1350. The van der Waals surface area contributed by atoms with Gasteiger partial charge in [0, 0.05) is 24.8 Å². The molecule has 2 aromatic carbocycles. The van der Waals surface area contributed by atoms with Crippen LogP contribution in [0.3, 0.4) is 0 Å². The number of nitrogens with zero attached hydrogens (tertiary/aromatic N) is 1. The summed E-state index contributed by atoms with van der Waals surface area (Å²) in [5, 5.41) is 16.4. The van der Waals surface area contributed by atoms with Gasteiger partial charge in [-0.3, -0.25) is 9.59 Å². The summed E-state index contributed by atoms with van der Waals surface area (Å²) in [6.07, 6.45) is -0.878. The molecule has 2 amide bonds. The molecule has 1 aromatic heterocycles. The quantitative estimate of drug-likeness (QED) is 0.326. The summed E-state index contributed by atoms with van der Waals surface area (Å²) in [7, 11) is -2.86. The molecule has 2 atom stereocenters. The van der Waals surface area contributed by atoms with E-state index < -0.39 is 33.9 Å². The first kappa shape index (κ1) is 29.0. The lowest BCUT2D eigenvalue weighted by Gasteiger charge is -2.23. The van der Waals surface area contributed by atoms with Crippen molar-refractivity contribution in [2.24, 2.45) is 5.92 Å². The lowest BCUT2D eigenvalue weighted by molar-refractivity contribution is -0.123. The predicted molar refractivity (Wildman–Crippen MR) is 143 cm³/mol. The molecule has 0 fully saturated rings. The molecule has 3 N–H and O–H groups in total. The van der Waals surface area contributed by atoms with E-state index in [9.17, 15) is 27.5 Å². The van der Waals surface area contributed by atoms with E-state index in [1.807, 2.05) is 38.1 Å². The number of carbonyl (C=O) groups is 2. The van der Waals surface area contributed by atoms with Crippen LogP contribution in [0.1, 0.15) is 29.9 Å². The van der Waals surface area contributed by atoms with Crippen LogP contribution >= 0.6 is 22.9 Å². The standard InChI is InChI=1S/C25H29ClFN3O5S2/c1-15(2)10-20(29-25(33)22-11-16-6-4-5-7-21(16)36-22)24(32)28-13-18(31)14-30(3)37(34,35)23-9-8-17(27)12-19(23)26/h4-9,11-12,15,18,20,31H,10,13-14H2,1-3H3,(H,28,32)(H,29,33)/t18-,20+/m1/s1. The maximum absolute atomic E-state index is 13.3. The lowest BCUT2D eigenvalue weighted by atomic mass is 10.0. The molecule has 0 saturated carbocycles. The van der Waals surface area contributed by atoms with Crippen molar-refractivity contribution in [2.45, 2.75) is 37.3 Å². The first-order valence-corrected chi connectivity index (χ1v) is 14.2. The van der Waals surface area contributed by atoms with Crippen LogP contribution in [-0.4, -0.2) is 61.9 Å². The molecule has 0 aliphatic rings. The van der Waals surface area contributed by atoms with E-state index in [0.29, 0.717) is 11.3 Å². The van der Waals surface area contributed by atoms with Crippen LogP contribution in [0, 0.1) is 11.7 Å². The number of benzene rings is 2. The van der Waals surface area contributed by atoms with Gasteiger partial charge in [0.05, 0.1) is 16.0 Å². The molecule has 0 aliphatic heterocycles. The van der Waals surface area contributed by atoms with Crippen molar-refractivity contribution in [3.05, 3.63) is 64.2 Å². The van der Waals surface area contributed by atoms with Crippen molar-refractivity contribution in [2.75, 3.05) is 20.1 Å². The van der Waals surface area contributed by atoms with E-state index in [2.05, 4.69) is 10.6 Å². The number of hydrogen-bond acceptors (Lipinski definition) is 6. The molecule has 0 bridgehead atoms. The lowest BCUT2D eigenvalue weighted by Crippen LogP contribution is -2.50. The van der Waals surface area contributed by atoms with Gasteiger partial charge in [-0.05, 0) is 48.1 Å². The van der Waals surface area contributed by atoms with Crippen molar-refractivity contribution < 1.29 is 27.5 Å². The van der Waals surface area contributed by atoms with Crippen molar-refractivity contribution in [3.8, 4) is 0 Å². The van der Waals surface area contributed by atoms with Gasteiger partial charge in [-0.25, -0.2) is 12.8 Å². The van der Waals surface area contributed by atoms with Gasteiger partial charge in [0.1, 0.15) is 16.8 Å². The number of carbonyl (C=O) groups excluding carboxylic acids is 2. The second-order valence-electron chi connectivity index (χ2n) is 9.06. The fraction of sp³-hybridized carbons (Fsp3) is 0.360. The zero-order valence-electron chi connectivity index (χ0n) is 20.6. The number of aliphatic hydroxyl groups is 1. The van der Waals surface area contributed by atoms with Crippen molar-refractivity contribution in [1.29, 1.82) is 0 Å². The van der Waals surface area contributed by atoms with Crippen LogP contribution < -0.4 is 10.6 Å². The topological polar surface area (TPSA) is 116 Å². The average molecular weight is 570 g/mol. The minimum atomic E-state index is -4.10. The van der Waals surface area contributed by atoms with Crippen LogP contribution in [0.4, 0.5) is 4.39 Å². The van der Waals surface area contributed by atoms with Crippen LogP contribution in [0.25, 0.3) is 10.1 Å². The van der Waals surface area contributed by atoms with Crippen molar-refractivity contribution >= 4 is 54.9 Å². The molecule has 0 saturated heterocycles. The van der Waals surface area contributed by atoms with Gasteiger partial charge in [0.15, 0.2) is 0 Å². The molecular formula is C25H29ClFN3O5S2. The van der Waals surface area contributed by atoms with Gasteiger partial charge in [0.25, 0.3) is 5.91 Å². The van der Waals surface area contributed by atoms with Gasteiger partial charge in [-0.1, -0.05) is 43.6 Å². The summed E-state index contributed by atoms with van der Waals surface area (Å²) in [6, 6.07) is 11.4. The van der Waals surface area contributed by atoms with Crippen LogP contribution in [0.5, 0.6) is 0 Å².